The fraction of sp³-hybridized carbons (Fsp3) is 0.357. The predicted molar refractivity (Wildman–Crippen MR) is 143 cm³/mol. The van der Waals surface area contributed by atoms with Crippen molar-refractivity contribution in [1.82, 2.24) is 0 Å². The zero-order valence-electron chi connectivity index (χ0n) is 21.0. The van der Waals surface area contributed by atoms with E-state index in [2.05, 4.69) is 43.3 Å². The fourth-order valence-corrected chi connectivity index (χ4v) is 3.81. The zero-order chi connectivity index (χ0) is 24.6. The van der Waals surface area contributed by atoms with Crippen LogP contribution in [0.3, 0.4) is 0 Å². The van der Waals surface area contributed by atoms with E-state index >= 15 is 0 Å². The Kier molecular flexibility index (Phi) is 8.52. The molecule has 0 saturated heterocycles. The fourth-order valence-electron chi connectivity index (χ4n) is 3.81. The van der Waals surface area contributed by atoms with Crippen LogP contribution in [0.4, 0.5) is 28.4 Å². The van der Waals surface area contributed by atoms with Crippen LogP contribution in [0.25, 0.3) is 0 Å². The second-order valence-electron chi connectivity index (χ2n) is 10.0. The molecule has 0 saturated carbocycles. The summed E-state index contributed by atoms with van der Waals surface area (Å²) in [5, 5.41) is 10.6. The van der Waals surface area contributed by atoms with Crippen molar-refractivity contribution >= 4 is 28.4 Å². The van der Waals surface area contributed by atoms with Crippen molar-refractivity contribution < 1.29 is 4.74 Å². The molecule has 0 aliphatic carbocycles. The number of anilines is 3. The van der Waals surface area contributed by atoms with Crippen molar-refractivity contribution in [3.63, 3.8) is 0 Å². The Bertz CT molecular complexity index is 1040. The quantitative estimate of drug-likeness (QED) is 0.183. The third-order valence-corrected chi connectivity index (χ3v) is 5.40. The molecular formula is C28H37N5O. The Morgan fingerprint density at radius 1 is 0.882 bits per heavy atom. The molecule has 6 heteroatoms. The second-order valence-corrected chi connectivity index (χ2v) is 10.0. The highest BCUT2D eigenvalue weighted by molar-refractivity contribution is 5.59. The van der Waals surface area contributed by atoms with Gasteiger partial charge in [-0.15, -0.1) is 0 Å². The topological polar surface area (TPSA) is 75.2 Å². The highest BCUT2D eigenvalue weighted by atomic mass is 16.5. The molecule has 0 amide bonds. The third kappa shape index (κ3) is 8.43. The SMILES string of the molecule is CC(CCOc1ccc(N=Nc2ccc(N(C)Nc3ccc(N)cc3)cc2)cc1)CC(C)(C)C. The number of rotatable bonds is 10. The highest BCUT2D eigenvalue weighted by Crippen LogP contribution is 2.27. The summed E-state index contributed by atoms with van der Waals surface area (Å²) in [4.78, 5) is 0. The molecule has 3 aromatic rings. The van der Waals surface area contributed by atoms with Gasteiger partial charge in [-0.25, -0.2) is 0 Å². The lowest BCUT2D eigenvalue weighted by Gasteiger charge is -2.23. The molecule has 6 nitrogen and oxygen atoms in total. The maximum atomic E-state index is 5.90. The summed E-state index contributed by atoms with van der Waals surface area (Å²) in [5.41, 5.74) is 13.7. The van der Waals surface area contributed by atoms with E-state index in [0.29, 0.717) is 11.3 Å². The molecule has 3 aromatic carbocycles. The van der Waals surface area contributed by atoms with Gasteiger partial charge in [-0.2, -0.15) is 10.2 Å². The van der Waals surface area contributed by atoms with E-state index in [-0.39, 0.29) is 0 Å². The molecule has 0 radical (unpaired) electrons. The Hall–Kier alpha value is -3.54. The smallest absolute Gasteiger partial charge is 0.119 e. The van der Waals surface area contributed by atoms with Crippen molar-refractivity contribution in [2.24, 2.45) is 21.6 Å². The molecule has 1 atom stereocenters. The van der Waals surface area contributed by atoms with Gasteiger partial charge < -0.3 is 10.5 Å². The summed E-state index contributed by atoms with van der Waals surface area (Å²) < 4.78 is 5.90. The Balaban J connectivity index is 1.48. The molecule has 0 heterocycles. The molecule has 0 fully saturated rings. The first kappa shape index (κ1) is 25.1. The summed E-state index contributed by atoms with van der Waals surface area (Å²) in [5.74, 6) is 1.51. The first-order valence-corrected chi connectivity index (χ1v) is 11.8. The van der Waals surface area contributed by atoms with Crippen LogP contribution >= 0.6 is 0 Å². The second kappa shape index (κ2) is 11.5. The van der Waals surface area contributed by atoms with Gasteiger partial charge in [0.05, 0.1) is 29.4 Å². The van der Waals surface area contributed by atoms with Crippen molar-refractivity contribution in [2.45, 2.75) is 40.5 Å². The molecule has 0 bridgehead atoms. The minimum atomic E-state index is 0.358. The van der Waals surface area contributed by atoms with Gasteiger partial charge in [0.25, 0.3) is 0 Å². The molecular weight excluding hydrogens is 422 g/mol. The lowest BCUT2D eigenvalue weighted by Crippen LogP contribution is -2.24. The largest absolute Gasteiger partial charge is 0.494 e. The van der Waals surface area contributed by atoms with Crippen LogP contribution < -0.4 is 20.9 Å². The van der Waals surface area contributed by atoms with E-state index in [1.165, 1.54) is 6.42 Å². The van der Waals surface area contributed by atoms with Gasteiger partial charge in [0.1, 0.15) is 5.75 Å². The normalized spacial score (nSPS) is 12.5. The molecule has 0 aliphatic heterocycles. The first-order chi connectivity index (χ1) is 16.2. The monoisotopic (exact) mass is 459 g/mol. The number of hydrogen-bond acceptors (Lipinski definition) is 6. The van der Waals surface area contributed by atoms with E-state index < -0.39 is 0 Å². The van der Waals surface area contributed by atoms with Crippen LogP contribution in [-0.2, 0) is 0 Å². The standard InChI is InChI=1S/C28H37N5O/c1-21(20-28(2,3)4)18-19-34-27-16-12-24(13-17-27)31-30-23-10-14-26(15-11-23)33(5)32-25-8-6-22(29)7-9-25/h6-17,21,32H,18-20,29H2,1-5H3. The van der Waals surface area contributed by atoms with E-state index in [4.69, 9.17) is 10.5 Å². The number of azo groups is 1. The summed E-state index contributed by atoms with van der Waals surface area (Å²) in [7, 11) is 1.96. The Labute approximate surface area is 203 Å². The van der Waals surface area contributed by atoms with Crippen LogP contribution in [0, 0.1) is 11.3 Å². The lowest BCUT2D eigenvalue weighted by atomic mass is 9.84. The number of nitrogens with two attached hydrogens (primary N) is 1. The van der Waals surface area contributed by atoms with Crippen LogP contribution in [0.2, 0.25) is 0 Å². The number of hydrogen-bond donors (Lipinski definition) is 2. The van der Waals surface area contributed by atoms with Gasteiger partial charge in [0.2, 0.25) is 0 Å². The van der Waals surface area contributed by atoms with Crippen molar-refractivity contribution in [2.75, 3.05) is 29.8 Å². The van der Waals surface area contributed by atoms with Crippen LogP contribution in [0.1, 0.15) is 40.5 Å². The minimum Gasteiger partial charge on any atom is -0.494 e. The van der Waals surface area contributed by atoms with Crippen LogP contribution in [0.5, 0.6) is 5.75 Å². The number of ether oxygens (including phenoxy) is 1. The number of benzene rings is 3. The summed E-state index contributed by atoms with van der Waals surface area (Å²) in [6.45, 7) is 9.87. The number of hydrazine groups is 1. The molecule has 0 spiro atoms. The molecule has 180 valence electrons. The van der Waals surface area contributed by atoms with Crippen LogP contribution in [-0.4, -0.2) is 13.7 Å². The third-order valence-electron chi connectivity index (χ3n) is 5.40. The number of nitrogens with zero attached hydrogens (tertiary/aromatic N) is 3. The Morgan fingerprint density at radius 2 is 1.44 bits per heavy atom. The van der Waals surface area contributed by atoms with E-state index in [1.807, 2.05) is 84.9 Å². The van der Waals surface area contributed by atoms with E-state index in [9.17, 15) is 0 Å². The maximum absolute atomic E-state index is 5.90. The highest BCUT2D eigenvalue weighted by Gasteiger charge is 2.15. The molecule has 0 aromatic heterocycles. The molecule has 3 rings (SSSR count). The minimum absolute atomic E-state index is 0.358. The Morgan fingerprint density at radius 3 is 2.00 bits per heavy atom. The lowest BCUT2D eigenvalue weighted by molar-refractivity contribution is 0.240. The molecule has 0 aliphatic rings. The van der Waals surface area contributed by atoms with Crippen molar-refractivity contribution in [3.8, 4) is 5.75 Å². The molecule has 3 N–H and O–H groups in total. The molecule has 34 heavy (non-hydrogen) atoms. The molecule has 1 unspecified atom stereocenters. The zero-order valence-corrected chi connectivity index (χ0v) is 21.0. The number of nitrogens with one attached hydrogen (secondary N) is 1. The van der Waals surface area contributed by atoms with Gasteiger partial charge in [0.15, 0.2) is 0 Å². The summed E-state index contributed by atoms with van der Waals surface area (Å²) in [6, 6.07) is 23.2. The average molecular weight is 460 g/mol. The van der Waals surface area contributed by atoms with Gasteiger partial charge in [0, 0.05) is 12.7 Å². The van der Waals surface area contributed by atoms with Gasteiger partial charge in [-0.1, -0.05) is 27.7 Å². The van der Waals surface area contributed by atoms with Gasteiger partial charge in [-0.3, -0.25) is 10.4 Å². The van der Waals surface area contributed by atoms with E-state index in [1.54, 1.807) is 0 Å². The van der Waals surface area contributed by atoms with Crippen molar-refractivity contribution in [3.05, 3.63) is 72.8 Å². The summed E-state index contributed by atoms with van der Waals surface area (Å²) in [6.07, 6.45) is 2.26. The summed E-state index contributed by atoms with van der Waals surface area (Å²) >= 11 is 0. The van der Waals surface area contributed by atoms with Crippen molar-refractivity contribution in [1.29, 1.82) is 0 Å². The van der Waals surface area contributed by atoms with Gasteiger partial charge in [-0.05, 0) is 97.0 Å². The predicted octanol–water partition coefficient (Wildman–Crippen LogP) is 7.99. The average Bonchev–Trinajstić information content (AvgIpc) is 2.79. The van der Waals surface area contributed by atoms with Gasteiger partial charge >= 0.3 is 0 Å². The first-order valence-electron chi connectivity index (χ1n) is 11.8. The number of nitrogen functional groups attached to an aromatic ring is 1. The van der Waals surface area contributed by atoms with E-state index in [0.717, 1.165) is 47.2 Å². The van der Waals surface area contributed by atoms with Crippen LogP contribution in [0.15, 0.2) is 83.0 Å². The maximum Gasteiger partial charge on any atom is 0.119 e.